The molecule has 4 heterocycles. The minimum atomic E-state index is -1.76. The van der Waals surface area contributed by atoms with Gasteiger partial charge in [0.15, 0.2) is 0 Å². The van der Waals surface area contributed by atoms with Gasteiger partial charge in [0.2, 0.25) is 70.9 Å². The lowest BCUT2D eigenvalue weighted by atomic mass is 10.0. The fourth-order valence-electron chi connectivity index (χ4n) is 9.58. The predicted octanol–water partition coefficient (Wildman–Crippen LogP) is -4.18. The Morgan fingerprint density at radius 1 is 0.699 bits per heavy atom. The zero-order chi connectivity index (χ0) is 60.3. The zero-order valence-electron chi connectivity index (χ0n) is 45.8. The second-order valence-corrected chi connectivity index (χ2v) is 20.7. The summed E-state index contributed by atoms with van der Waals surface area (Å²) in [7, 11) is 0. The van der Waals surface area contributed by atoms with Crippen LogP contribution in [0.5, 0.6) is 5.75 Å². The number of fused-ring (bicyclic) bond motifs is 1. The summed E-state index contributed by atoms with van der Waals surface area (Å²) in [5.74, 6) is -9.82. The number of primary amides is 2. The van der Waals surface area contributed by atoms with E-state index in [-0.39, 0.29) is 81.9 Å². The fraction of sp³-hybridized carbons (Fsp3) is 0.463. The third-order valence-corrected chi connectivity index (χ3v) is 13.8. The Kier molecular flexibility index (Phi) is 22.6. The summed E-state index contributed by atoms with van der Waals surface area (Å²) in [6.45, 7) is 1.36. The number of hydrogen-bond acceptors (Lipinski definition) is 15. The molecule has 29 nitrogen and oxygen atoms in total. The standard InChI is InChI=1S/C54H71N15O14/c1-28(2)18-37(49(78)64-36(13-15-43(55)72)54(83)69-17-5-8-42(69)53(82)59-24-44(56)73)63-46(75)25-60-47(76)38(19-29-9-11-32(71)12-10-29)65-52(81)41(26-70)68-50(79)39(20-30-22-58-34-7-4-3-6-33(30)34)66-51(80)40(21-31-23-57-27-61-31)67-48(77)35-14-16-45(74)62-35/h3-4,6-7,9-12,22-23,27-28,35-42,58,70-71H,5,8,13-21,24-26H2,1-2H3,(H2,55,72)(H2,56,73)(H,57,61)(H,59,82)(H,60,76)(H,62,74)(H,63,75)(H,64,78)(H,65,81)(H,66,80)(H,67,77)(H,68,79). The van der Waals surface area contributed by atoms with Crippen LogP contribution < -0.4 is 59.3 Å². The van der Waals surface area contributed by atoms with Crippen LogP contribution in [0.2, 0.25) is 0 Å². The lowest BCUT2D eigenvalue weighted by Crippen LogP contribution is -2.60. The monoisotopic (exact) mass is 1150 g/mol. The van der Waals surface area contributed by atoms with Crippen molar-refractivity contribution in [1.82, 2.24) is 67.7 Å². The summed E-state index contributed by atoms with van der Waals surface area (Å²) in [6.07, 6.45) is 4.25. The van der Waals surface area contributed by atoms with Crippen molar-refractivity contribution in [1.29, 1.82) is 0 Å². The Bertz CT molecular complexity index is 3000. The largest absolute Gasteiger partial charge is 0.508 e. The number of H-pyrrole nitrogens is 2. The number of rotatable bonds is 30. The van der Waals surface area contributed by atoms with Gasteiger partial charge in [0.1, 0.15) is 54.1 Å². The molecular weight excluding hydrogens is 1080 g/mol. The van der Waals surface area contributed by atoms with Gasteiger partial charge in [-0.05, 0) is 67.3 Å². The zero-order valence-corrected chi connectivity index (χ0v) is 45.8. The van der Waals surface area contributed by atoms with E-state index < -0.39 is 133 Å². The quantitative estimate of drug-likeness (QED) is 0.0236. The van der Waals surface area contributed by atoms with E-state index in [1.165, 1.54) is 41.7 Å². The smallest absolute Gasteiger partial charge is 0.245 e. The summed E-state index contributed by atoms with van der Waals surface area (Å²) in [6, 6.07) is 2.02. The van der Waals surface area contributed by atoms with Crippen molar-refractivity contribution in [3.63, 3.8) is 0 Å². The molecule has 6 rings (SSSR count). The molecule has 2 aliphatic rings. The van der Waals surface area contributed by atoms with Crippen LogP contribution >= 0.6 is 0 Å². The summed E-state index contributed by atoms with van der Waals surface area (Å²) in [5.41, 5.74) is 12.7. The van der Waals surface area contributed by atoms with Gasteiger partial charge >= 0.3 is 0 Å². The number of likely N-dealkylation sites (tertiary alicyclic amines) is 1. The first kappa shape index (κ1) is 62.8. The van der Waals surface area contributed by atoms with Crippen LogP contribution in [-0.4, -0.2) is 176 Å². The molecule has 29 heteroatoms. The van der Waals surface area contributed by atoms with Gasteiger partial charge < -0.3 is 84.4 Å². The van der Waals surface area contributed by atoms with Crippen LogP contribution in [0.4, 0.5) is 0 Å². The van der Waals surface area contributed by atoms with Crippen LogP contribution in [0.15, 0.2) is 67.3 Å². The molecule has 12 amide bonds. The molecule has 2 aliphatic heterocycles. The number of imidazole rings is 1. The molecule has 2 aromatic heterocycles. The second kappa shape index (κ2) is 29.9. The van der Waals surface area contributed by atoms with E-state index >= 15 is 0 Å². The molecule has 4 aromatic rings. The van der Waals surface area contributed by atoms with E-state index in [9.17, 15) is 67.7 Å². The van der Waals surface area contributed by atoms with Crippen molar-refractivity contribution < 1.29 is 67.7 Å². The maximum absolute atomic E-state index is 14.4. The van der Waals surface area contributed by atoms with Crippen molar-refractivity contribution in [3.8, 4) is 5.75 Å². The molecule has 83 heavy (non-hydrogen) atoms. The van der Waals surface area contributed by atoms with Gasteiger partial charge in [-0.25, -0.2) is 4.98 Å². The Morgan fingerprint density at radius 2 is 1.35 bits per heavy atom. The highest BCUT2D eigenvalue weighted by molar-refractivity contribution is 5.99. The van der Waals surface area contributed by atoms with Gasteiger partial charge in [-0.3, -0.25) is 57.5 Å². The number of nitrogens with one attached hydrogen (secondary N) is 11. The lowest BCUT2D eigenvalue weighted by Gasteiger charge is -2.30. The topological polar surface area (TPSA) is 453 Å². The summed E-state index contributed by atoms with van der Waals surface area (Å²) in [5, 5.41) is 44.1. The Labute approximate surface area is 475 Å². The summed E-state index contributed by atoms with van der Waals surface area (Å²) >= 11 is 0. The highest BCUT2D eigenvalue weighted by Gasteiger charge is 2.39. The number of aliphatic hydroxyl groups excluding tert-OH is 1. The molecule has 446 valence electrons. The van der Waals surface area contributed by atoms with E-state index in [1.54, 1.807) is 44.3 Å². The van der Waals surface area contributed by atoms with Crippen LogP contribution in [0, 0.1) is 5.92 Å². The SMILES string of the molecule is CC(C)CC(NC(=O)CNC(=O)C(Cc1ccc(O)cc1)NC(=O)C(CO)NC(=O)C(Cc1c[nH]c2ccccc12)NC(=O)C(Cc1cnc[nH]1)NC(=O)C1CCC(=O)N1)C(=O)NC(CCC(N)=O)C(=O)N1CCCC1C(=O)NCC(N)=O. The van der Waals surface area contributed by atoms with Gasteiger partial charge in [0, 0.05) is 67.6 Å². The molecule has 8 atom stereocenters. The third-order valence-electron chi connectivity index (χ3n) is 13.8. The van der Waals surface area contributed by atoms with Gasteiger partial charge in [-0.1, -0.05) is 44.2 Å². The first-order valence-corrected chi connectivity index (χ1v) is 27.0. The number of nitrogens with two attached hydrogens (primary N) is 2. The number of carbonyl (C=O) groups excluding carboxylic acids is 12. The molecule has 2 fully saturated rings. The van der Waals surface area contributed by atoms with Crippen molar-refractivity contribution in [2.45, 2.75) is 126 Å². The number of aromatic nitrogens is 3. The Morgan fingerprint density at radius 3 is 1.99 bits per heavy atom. The van der Waals surface area contributed by atoms with Gasteiger partial charge in [0.05, 0.1) is 26.0 Å². The maximum Gasteiger partial charge on any atom is 0.245 e. The Balaban J connectivity index is 1.16. The fourth-order valence-corrected chi connectivity index (χ4v) is 9.58. The molecule has 2 aromatic carbocycles. The third kappa shape index (κ3) is 18.6. The van der Waals surface area contributed by atoms with E-state index in [0.717, 1.165) is 0 Å². The van der Waals surface area contributed by atoms with Crippen LogP contribution in [0.25, 0.3) is 10.9 Å². The molecule has 8 unspecified atom stereocenters. The minimum absolute atomic E-state index is 0.0217. The second-order valence-electron chi connectivity index (χ2n) is 20.7. The molecule has 17 N–H and O–H groups in total. The van der Waals surface area contributed by atoms with Gasteiger partial charge in [-0.2, -0.15) is 0 Å². The number of aromatic amines is 2. The highest BCUT2D eigenvalue weighted by Crippen LogP contribution is 2.22. The number of nitrogens with zero attached hydrogens (tertiary/aromatic N) is 2. The lowest BCUT2D eigenvalue weighted by molar-refractivity contribution is -0.142. The molecule has 0 bridgehead atoms. The van der Waals surface area contributed by atoms with E-state index in [2.05, 4.69) is 62.8 Å². The average Bonchev–Trinajstić information content (AvgIpc) is 4.52. The number of hydrogen-bond donors (Lipinski definition) is 15. The molecular formula is C54H71N15O14. The minimum Gasteiger partial charge on any atom is -0.508 e. The molecule has 0 aliphatic carbocycles. The number of benzene rings is 2. The van der Waals surface area contributed by atoms with E-state index in [4.69, 9.17) is 11.5 Å². The van der Waals surface area contributed by atoms with Crippen LogP contribution in [0.3, 0.4) is 0 Å². The van der Waals surface area contributed by atoms with Gasteiger partial charge in [0.25, 0.3) is 0 Å². The number of aromatic hydroxyl groups is 1. The van der Waals surface area contributed by atoms with Crippen LogP contribution in [0.1, 0.15) is 75.6 Å². The number of phenolic OH excluding ortho intramolecular Hbond substituents is 1. The van der Waals surface area contributed by atoms with Crippen molar-refractivity contribution >= 4 is 81.8 Å². The average molecular weight is 1150 g/mol. The van der Waals surface area contributed by atoms with Crippen molar-refractivity contribution in [3.05, 3.63) is 84.1 Å². The maximum atomic E-state index is 14.4. The van der Waals surface area contributed by atoms with Gasteiger partial charge in [-0.15, -0.1) is 0 Å². The predicted molar refractivity (Wildman–Crippen MR) is 294 cm³/mol. The number of amides is 12. The normalized spacial score (nSPS) is 16.9. The number of phenols is 1. The first-order chi connectivity index (χ1) is 39.6. The molecule has 0 spiro atoms. The highest BCUT2D eigenvalue weighted by atomic mass is 16.3. The number of aliphatic hydroxyl groups is 1. The number of carbonyl (C=O) groups is 12. The molecule has 0 radical (unpaired) electrons. The van der Waals surface area contributed by atoms with Crippen molar-refractivity contribution in [2.75, 3.05) is 26.2 Å². The number of para-hydroxylation sites is 1. The molecule has 2 saturated heterocycles. The van der Waals surface area contributed by atoms with Crippen molar-refractivity contribution in [2.24, 2.45) is 17.4 Å². The van der Waals surface area contributed by atoms with Crippen LogP contribution in [-0.2, 0) is 76.8 Å². The first-order valence-electron chi connectivity index (χ1n) is 27.0. The van der Waals surface area contributed by atoms with E-state index in [1.807, 2.05) is 0 Å². The molecule has 0 saturated carbocycles. The Hall–Kier alpha value is -9.41. The summed E-state index contributed by atoms with van der Waals surface area (Å²) in [4.78, 5) is 171. The summed E-state index contributed by atoms with van der Waals surface area (Å²) < 4.78 is 0. The van der Waals surface area contributed by atoms with E-state index in [0.29, 0.717) is 34.1 Å².